The molecule has 2 saturated carbocycles. The zero-order valence-corrected chi connectivity index (χ0v) is 37.9. The van der Waals surface area contributed by atoms with E-state index in [2.05, 4.69) is 55.1 Å². The molecule has 2 amide bonds. The van der Waals surface area contributed by atoms with Crippen LogP contribution in [0.2, 0.25) is 0 Å². The Hall–Kier alpha value is -5.89. The van der Waals surface area contributed by atoms with Crippen molar-refractivity contribution in [2.45, 2.75) is 100.0 Å². The Morgan fingerprint density at radius 2 is 1.10 bits per heavy atom. The number of amides is 2. The monoisotopic (exact) mass is 901 g/mol. The van der Waals surface area contributed by atoms with Crippen LogP contribution in [0, 0.1) is 5.95 Å². The van der Waals surface area contributed by atoms with E-state index in [1.807, 2.05) is 41.7 Å². The van der Waals surface area contributed by atoms with E-state index in [1.165, 1.54) is 38.4 Å². The third kappa shape index (κ3) is 7.63. The van der Waals surface area contributed by atoms with Crippen LogP contribution >= 0.6 is 0 Å². The fourth-order valence-electron chi connectivity index (χ4n) is 11.6. The molecule has 4 aromatic heterocycles. The molecule has 5 aliphatic heterocycles. The fourth-order valence-corrected chi connectivity index (χ4v) is 11.6. The lowest BCUT2D eigenvalue weighted by Gasteiger charge is -2.33. The van der Waals surface area contributed by atoms with Gasteiger partial charge in [0.05, 0.1) is 52.2 Å². The first-order valence-electron chi connectivity index (χ1n) is 24.5. The first-order chi connectivity index (χ1) is 32.9. The number of aromatic nitrogens is 4. The highest BCUT2D eigenvalue weighted by molar-refractivity contribution is 6.14. The van der Waals surface area contributed by atoms with E-state index in [0.717, 1.165) is 118 Å². The molecule has 0 radical (unpaired) electrons. The van der Waals surface area contributed by atoms with E-state index in [0.29, 0.717) is 63.8 Å². The molecular weight excluding hydrogens is 846 g/mol. The van der Waals surface area contributed by atoms with Crippen molar-refractivity contribution in [2.75, 3.05) is 62.5 Å². The van der Waals surface area contributed by atoms with Gasteiger partial charge in [-0.3, -0.25) is 19.6 Å². The lowest BCUT2D eigenvalue weighted by molar-refractivity contribution is -0.127. The number of carbonyl (C=O) groups is 2. The van der Waals surface area contributed by atoms with Gasteiger partial charge in [-0.1, -0.05) is 18.6 Å². The number of rotatable bonds is 9. The third-order valence-corrected chi connectivity index (χ3v) is 15.4. The maximum Gasteiger partial charge on any atom is 0.238 e. The van der Waals surface area contributed by atoms with Gasteiger partial charge in [0.15, 0.2) is 0 Å². The summed E-state index contributed by atoms with van der Waals surface area (Å²) in [5.74, 6) is 0.634. The van der Waals surface area contributed by atoms with Crippen LogP contribution in [0.3, 0.4) is 0 Å². The molecule has 2 aliphatic carbocycles. The molecule has 344 valence electrons. The van der Waals surface area contributed by atoms with Crippen LogP contribution in [0.4, 0.5) is 15.8 Å². The summed E-state index contributed by atoms with van der Waals surface area (Å²) in [5, 5.41) is 2.08. The predicted molar refractivity (Wildman–Crippen MR) is 255 cm³/mol. The first-order valence-corrected chi connectivity index (χ1v) is 24.5. The Morgan fingerprint density at radius 1 is 0.597 bits per heavy atom. The highest BCUT2D eigenvalue weighted by atomic mass is 19.1. The molecule has 12 nitrogen and oxygen atoms in total. The molecule has 0 unspecified atom stereocenters. The van der Waals surface area contributed by atoms with Crippen molar-refractivity contribution in [3.8, 4) is 28.1 Å². The van der Waals surface area contributed by atoms with E-state index in [9.17, 15) is 14.0 Å². The van der Waals surface area contributed by atoms with Gasteiger partial charge in [-0.15, -0.1) is 0 Å². The second-order valence-electron chi connectivity index (χ2n) is 19.6. The van der Waals surface area contributed by atoms with Gasteiger partial charge in [0.1, 0.15) is 0 Å². The van der Waals surface area contributed by atoms with Gasteiger partial charge in [-0.25, -0.2) is 9.97 Å². The Bertz CT molecular complexity index is 2850. The fraction of sp³-hybridized carbons (Fsp3) is 0.444. The number of hydrogen-bond acceptors (Lipinski definition) is 10. The maximum absolute atomic E-state index is 13.9. The molecule has 6 aromatic rings. The van der Waals surface area contributed by atoms with E-state index in [-0.39, 0.29) is 11.8 Å². The molecular formula is C54H56FN7O5. The standard InChI is InChI=1S/C31H36N4O3.C23H20FN3O2/c36-30-31(11-17-37-18-12-31)29-25-19-22(5-9-26(25)32-21-27(29)35(30)24-7-8-24)23-6-10-28(33-20-23)38-16-4-15-34-13-2-1-3-14-34;24-20-6-2-15(12-26-20)14-1-5-18-17(11-14)21-19(13-25-18)27(16-3-4-16)22(28)23(21)7-9-29-10-8-23/h5-6,9-10,19-21,24H,1-4,7-8,11-18H2;1-2,5-6,11-13,16H,3-4,7-10H2. The minimum Gasteiger partial charge on any atom is -0.478 e. The van der Waals surface area contributed by atoms with Crippen molar-refractivity contribution in [3.63, 3.8) is 0 Å². The number of nitrogens with zero attached hydrogens (tertiary/aromatic N) is 7. The van der Waals surface area contributed by atoms with Crippen molar-refractivity contribution in [3.05, 3.63) is 103 Å². The van der Waals surface area contributed by atoms with E-state index in [4.69, 9.17) is 19.2 Å². The van der Waals surface area contributed by atoms with Gasteiger partial charge >= 0.3 is 0 Å². The molecule has 0 bridgehead atoms. The average Bonchev–Trinajstić information content (AvgIpc) is 4.33. The van der Waals surface area contributed by atoms with Crippen LogP contribution in [-0.2, 0) is 29.9 Å². The topological polar surface area (TPSA) is 123 Å². The van der Waals surface area contributed by atoms with Crippen molar-refractivity contribution in [2.24, 2.45) is 0 Å². The average molecular weight is 902 g/mol. The summed E-state index contributed by atoms with van der Waals surface area (Å²) in [7, 11) is 0. The SMILES string of the molecule is O=C1N(C2CC2)c2cnc3ccc(-c4ccc(F)nc4)cc3c2C12CCOCC2.O=C1N(C2CC2)c2cnc3ccc(-c4ccc(OCCCN5CCCCC5)nc4)cc3c2C12CCOCC2. The van der Waals surface area contributed by atoms with Crippen molar-refractivity contribution >= 4 is 45.0 Å². The minimum absolute atomic E-state index is 0.210. The largest absolute Gasteiger partial charge is 0.478 e. The molecule has 3 saturated heterocycles. The lowest BCUT2D eigenvalue weighted by Crippen LogP contribution is -2.44. The number of likely N-dealkylation sites (tertiary alicyclic amines) is 1. The summed E-state index contributed by atoms with van der Waals surface area (Å²) in [6.07, 6.45) is 19.4. The third-order valence-electron chi connectivity index (χ3n) is 15.4. The van der Waals surface area contributed by atoms with Crippen LogP contribution in [0.1, 0.15) is 88.2 Å². The quantitative estimate of drug-likeness (QED) is 0.103. The molecule has 13 heteroatoms. The summed E-state index contributed by atoms with van der Waals surface area (Å²) < 4.78 is 30.5. The number of benzene rings is 2. The molecule has 9 heterocycles. The van der Waals surface area contributed by atoms with Crippen molar-refractivity contribution in [1.82, 2.24) is 24.8 Å². The summed E-state index contributed by atoms with van der Waals surface area (Å²) in [5.41, 5.74) is 8.91. The highest BCUT2D eigenvalue weighted by Gasteiger charge is 2.57. The maximum atomic E-state index is 13.9. The zero-order chi connectivity index (χ0) is 45.1. The number of piperidine rings is 1. The number of pyridine rings is 4. The Morgan fingerprint density at radius 3 is 1.58 bits per heavy atom. The van der Waals surface area contributed by atoms with Gasteiger partial charge in [0.25, 0.3) is 0 Å². The van der Waals surface area contributed by atoms with Gasteiger partial charge in [0.2, 0.25) is 23.6 Å². The first kappa shape index (κ1) is 42.5. The summed E-state index contributed by atoms with van der Waals surface area (Å²) >= 11 is 0. The molecule has 5 fully saturated rings. The smallest absolute Gasteiger partial charge is 0.238 e. The van der Waals surface area contributed by atoms with Crippen LogP contribution in [0.25, 0.3) is 44.1 Å². The number of fused-ring (bicyclic) bond motifs is 8. The van der Waals surface area contributed by atoms with Gasteiger partial charge in [-0.2, -0.15) is 4.39 Å². The van der Waals surface area contributed by atoms with Crippen LogP contribution in [-0.4, -0.2) is 101 Å². The number of ether oxygens (including phenoxy) is 3. The molecule has 13 rings (SSSR count). The molecule has 0 atom stereocenters. The van der Waals surface area contributed by atoms with Crippen molar-refractivity contribution < 1.29 is 28.2 Å². The Balaban J connectivity index is 0.000000145. The summed E-state index contributed by atoms with van der Waals surface area (Å²) in [6.45, 7) is 6.66. The van der Waals surface area contributed by atoms with E-state index >= 15 is 0 Å². The zero-order valence-electron chi connectivity index (χ0n) is 37.9. The number of halogens is 1. The molecule has 2 aromatic carbocycles. The second-order valence-corrected chi connectivity index (χ2v) is 19.6. The van der Waals surface area contributed by atoms with E-state index < -0.39 is 16.8 Å². The van der Waals surface area contributed by atoms with Gasteiger partial charge in [0, 0.05) is 96.5 Å². The normalized spacial score (nSPS) is 20.9. The Labute approximate surface area is 389 Å². The predicted octanol–water partition coefficient (Wildman–Crippen LogP) is 9.10. The lowest BCUT2D eigenvalue weighted by atomic mass is 9.74. The molecule has 2 spiro atoms. The number of carbonyl (C=O) groups excluding carboxylic acids is 2. The summed E-state index contributed by atoms with van der Waals surface area (Å²) in [4.78, 5) is 52.0. The highest BCUT2D eigenvalue weighted by Crippen LogP contribution is 2.55. The van der Waals surface area contributed by atoms with Crippen LogP contribution in [0.15, 0.2) is 85.5 Å². The van der Waals surface area contributed by atoms with Crippen molar-refractivity contribution in [1.29, 1.82) is 0 Å². The number of anilines is 2. The van der Waals surface area contributed by atoms with E-state index in [1.54, 1.807) is 12.3 Å². The molecule has 67 heavy (non-hydrogen) atoms. The molecule has 7 aliphatic rings. The van der Waals surface area contributed by atoms with Gasteiger partial charge < -0.3 is 28.9 Å². The second kappa shape index (κ2) is 17.3. The minimum atomic E-state index is -0.531. The Kier molecular flexibility index (Phi) is 11.0. The number of hydrogen-bond donors (Lipinski definition) is 0. The summed E-state index contributed by atoms with van der Waals surface area (Å²) in [6, 6.07) is 20.2. The van der Waals surface area contributed by atoms with Gasteiger partial charge in [-0.05, 0) is 137 Å². The van der Waals surface area contributed by atoms with Crippen LogP contribution < -0.4 is 14.5 Å². The molecule has 0 N–H and O–H groups in total. The van der Waals surface area contributed by atoms with Crippen LogP contribution in [0.5, 0.6) is 5.88 Å².